The van der Waals surface area contributed by atoms with Crippen LogP contribution < -0.4 is 10.1 Å². The van der Waals surface area contributed by atoms with E-state index in [0.717, 1.165) is 24.4 Å². The van der Waals surface area contributed by atoms with Crippen molar-refractivity contribution in [2.24, 2.45) is 0 Å². The Kier molecular flexibility index (Phi) is 2.78. The minimum atomic E-state index is -0.364. The summed E-state index contributed by atoms with van der Waals surface area (Å²) < 4.78 is 5.71. The number of ether oxygens (including phenoxy) is 1. The van der Waals surface area contributed by atoms with E-state index in [-0.39, 0.29) is 16.7 Å². The van der Waals surface area contributed by atoms with Gasteiger partial charge < -0.3 is 10.1 Å². The average Bonchev–Trinajstić information content (AvgIpc) is 2.15. The van der Waals surface area contributed by atoms with Gasteiger partial charge in [-0.15, -0.1) is 0 Å². The first kappa shape index (κ1) is 10.9. The van der Waals surface area contributed by atoms with Gasteiger partial charge in [0, 0.05) is 24.7 Å². The number of nitro benzene ring substituents is 1. The normalized spacial score (nSPS) is 15.6. The molecule has 0 aliphatic carbocycles. The van der Waals surface area contributed by atoms with Crippen LogP contribution in [0.5, 0.6) is 5.75 Å². The van der Waals surface area contributed by atoms with Gasteiger partial charge in [-0.25, -0.2) is 0 Å². The summed E-state index contributed by atoms with van der Waals surface area (Å²) in [6.45, 7) is 5.24. The lowest BCUT2D eigenvalue weighted by Gasteiger charge is -2.28. The summed E-state index contributed by atoms with van der Waals surface area (Å²) in [5.41, 5.74) is 1.60. The third-order valence-corrected chi connectivity index (χ3v) is 2.73. The number of aryl methyl sites for hydroxylation is 2. The van der Waals surface area contributed by atoms with Crippen molar-refractivity contribution in [3.63, 3.8) is 0 Å². The van der Waals surface area contributed by atoms with Crippen molar-refractivity contribution < 1.29 is 9.66 Å². The third-order valence-electron chi connectivity index (χ3n) is 2.73. The molecule has 1 heterocycles. The second-order valence-corrected chi connectivity index (χ2v) is 4.06. The Hall–Kier alpha value is -1.62. The average molecular weight is 222 g/mol. The lowest BCUT2D eigenvalue weighted by Crippen LogP contribution is -2.50. The molecule has 0 amide bonds. The highest BCUT2D eigenvalue weighted by Crippen LogP contribution is 2.28. The van der Waals surface area contributed by atoms with Gasteiger partial charge in [0.25, 0.3) is 5.69 Å². The van der Waals surface area contributed by atoms with Crippen molar-refractivity contribution in [1.29, 1.82) is 0 Å². The molecule has 0 unspecified atom stereocenters. The molecule has 2 rings (SSSR count). The molecule has 1 aromatic rings. The smallest absolute Gasteiger partial charge is 0.272 e. The SMILES string of the molecule is Cc1cc([N+](=O)[O-])c(C)cc1OC1CNC1. The zero-order valence-corrected chi connectivity index (χ0v) is 9.32. The van der Waals surface area contributed by atoms with E-state index in [1.807, 2.05) is 6.92 Å². The summed E-state index contributed by atoms with van der Waals surface area (Å²) in [7, 11) is 0. The molecule has 1 aliphatic rings. The van der Waals surface area contributed by atoms with Crippen LogP contribution in [0.3, 0.4) is 0 Å². The number of hydrogen-bond acceptors (Lipinski definition) is 4. The molecule has 5 nitrogen and oxygen atoms in total. The van der Waals surface area contributed by atoms with Crippen LogP contribution in [-0.4, -0.2) is 24.1 Å². The van der Waals surface area contributed by atoms with Gasteiger partial charge in [-0.3, -0.25) is 10.1 Å². The number of hydrogen-bond donors (Lipinski definition) is 1. The number of nitro groups is 1. The molecule has 0 atom stereocenters. The molecule has 5 heteroatoms. The van der Waals surface area contributed by atoms with Gasteiger partial charge in [-0.05, 0) is 25.5 Å². The number of nitrogens with zero attached hydrogens (tertiary/aromatic N) is 1. The molecule has 1 N–H and O–H groups in total. The minimum Gasteiger partial charge on any atom is -0.487 e. The van der Waals surface area contributed by atoms with Gasteiger partial charge >= 0.3 is 0 Å². The van der Waals surface area contributed by atoms with E-state index < -0.39 is 0 Å². The Morgan fingerprint density at radius 2 is 2.06 bits per heavy atom. The topological polar surface area (TPSA) is 64.4 Å². The molecule has 0 spiro atoms. The lowest BCUT2D eigenvalue weighted by atomic mass is 10.1. The van der Waals surface area contributed by atoms with Crippen LogP contribution in [0, 0.1) is 24.0 Å². The van der Waals surface area contributed by atoms with E-state index in [0.29, 0.717) is 5.56 Å². The second kappa shape index (κ2) is 4.09. The van der Waals surface area contributed by atoms with Crippen LogP contribution in [0.4, 0.5) is 5.69 Å². The first-order valence-electron chi connectivity index (χ1n) is 5.21. The standard InChI is InChI=1S/C11H14N2O3/c1-7-4-11(16-9-5-12-6-9)8(2)3-10(7)13(14)15/h3-4,9,12H,5-6H2,1-2H3. The number of benzene rings is 1. The van der Waals surface area contributed by atoms with E-state index in [4.69, 9.17) is 4.74 Å². The second-order valence-electron chi connectivity index (χ2n) is 4.06. The fourth-order valence-electron chi connectivity index (χ4n) is 1.62. The van der Waals surface area contributed by atoms with Crippen molar-refractivity contribution in [2.45, 2.75) is 20.0 Å². The summed E-state index contributed by atoms with van der Waals surface area (Å²) in [5.74, 6) is 0.745. The maximum atomic E-state index is 10.7. The van der Waals surface area contributed by atoms with Crippen molar-refractivity contribution >= 4 is 5.69 Å². The van der Waals surface area contributed by atoms with Crippen molar-refractivity contribution in [3.8, 4) is 5.75 Å². The highest BCUT2D eigenvalue weighted by atomic mass is 16.6. The van der Waals surface area contributed by atoms with E-state index in [1.54, 1.807) is 19.1 Å². The Morgan fingerprint density at radius 1 is 1.38 bits per heavy atom. The molecule has 1 saturated heterocycles. The van der Waals surface area contributed by atoms with Crippen molar-refractivity contribution in [3.05, 3.63) is 33.4 Å². The zero-order chi connectivity index (χ0) is 11.7. The van der Waals surface area contributed by atoms with Crippen molar-refractivity contribution in [2.75, 3.05) is 13.1 Å². The molecule has 86 valence electrons. The zero-order valence-electron chi connectivity index (χ0n) is 9.32. The highest BCUT2D eigenvalue weighted by molar-refractivity contribution is 5.49. The first-order chi connectivity index (χ1) is 7.58. The largest absolute Gasteiger partial charge is 0.487 e. The predicted molar refractivity (Wildman–Crippen MR) is 59.9 cm³/mol. The highest BCUT2D eigenvalue weighted by Gasteiger charge is 2.21. The lowest BCUT2D eigenvalue weighted by molar-refractivity contribution is -0.385. The van der Waals surface area contributed by atoms with Crippen LogP contribution in [0.15, 0.2) is 12.1 Å². The Balaban J connectivity index is 2.25. The number of nitrogens with one attached hydrogen (secondary N) is 1. The fourth-order valence-corrected chi connectivity index (χ4v) is 1.62. The summed E-state index contributed by atoms with van der Waals surface area (Å²) in [6, 6.07) is 3.31. The summed E-state index contributed by atoms with van der Waals surface area (Å²) in [5, 5.41) is 13.8. The van der Waals surface area contributed by atoms with Crippen molar-refractivity contribution in [1.82, 2.24) is 5.32 Å². The van der Waals surface area contributed by atoms with Gasteiger partial charge in [-0.2, -0.15) is 0 Å². The molecular weight excluding hydrogens is 208 g/mol. The van der Waals surface area contributed by atoms with E-state index in [1.165, 1.54) is 0 Å². The van der Waals surface area contributed by atoms with E-state index in [9.17, 15) is 10.1 Å². The van der Waals surface area contributed by atoms with Crippen LogP contribution in [-0.2, 0) is 0 Å². The molecule has 16 heavy (non-hydrogen) atoms. The monoisotopic (exact) mass is 222 g/mol. The van der Waals surface area contributed by atoms with Gasteiger partial charge in [0.15, 0.2) is 0 Å². The van der Waals surface area contributed by atoms with Crippen LogP contribution in [0.25, 0.3) is 0 Å². The Morgan fingerprint density at radius 3 is 2.56 bits per heavy atom. The fraction of sp³-hybridized carbons (Fsp3) is 0.455. The predicted octanol–water partition coefficient (Wildman–Crippen LogP) is 1.56. The van der Waals surface area contributed by atoms with Gasteiger partial charge in [-0.1, -0.05) is 0 Å². The first-order valence-corrected chi connectivity index (χ1v) is 5.21. The van der Waals surface area contributed by atoms with Crippen LogP contribution in [0.1, 0.15) is 11.1 Å². The van der Waals surface area contributed by atoms with Crippen LogP contribution >= 0.6 is 0 Å². The quantitative estimate of drug-likeness (QED) is 0.622. The number of rotatable bonds is 3. The molecule has 1 fully saturated rings. The molecule has 0 bridgehead atoms. The van der Waals surface area contributed by atoms with E-state index >= 15 is 0 Å². The molecular formula is C11H14N2O3. The van der Waals surface area contributed by atoms with Gasteiger partial charge in [0.1, 0.15) is 11.9 Å². The van der Waals surface area contributed by atoms with E-state index in [2.05, 4.69) is 5.32 Å². The van der Waals surface area contributed by atoms with Crippen LogP contribution in [0.2, 0.25) is 0 Å². The minimum absolute atomic E-state index is 0.150. The molecule has 1 aliphatic heterocycles. The van der Waals surface area contributed by atoms with Gasteiger partial charge in [0.05, 0.1) is 4.92 Å². The molecule has 0 saturated carbocycles. The molecule has 0 aromatic heterocycles. The van der Waals surface area contributed by atoms with Gasteiger partial charge in [0.2, 0.25) is 0 Å². The maximum absolute atomic E-state index is 10.7. The molecule has 1 aromatic carbocycles. The Labute approximate surface area is 93.6 Å². The summed E-state index contributed by atoms with van der Waals surface area (Å²) in [4.78, 5) is 10.4. The third kappa shape index (κ3) is 1.99. The summed E-state index contributed by atoms with van der Waals surface area (Å²) in [6.07, 6.45) is 0.194. The summed E-state index contributed by atoms with van der Waals surface area (Å²) >= 11 is 0. The maximum Gasteiger partial charge on any atom is 0.272 e. The Bertz CT molecular complexity index is 427. The molecule has 0 radical (unpaired) electrons.